The van der Waals surface area contributed by atoms with E-state index in [1.54, 1.807) is 24.4 Å². The molecule has 0 bridgehead atoms. The van der Waals surface area contributed by atoms with Crippen LogP contribution in [0.4, 0.5) is 5.82 Å². The number of aromatic nitrogens is 2. The Kier molecular flexibility index (Phi) is 4.80. The van der Waals surface area contributed by atoms with E-state index in [4.69, 9.17) is 16.0 Å². The Bertz CT molecular complexity index is 909. The van der Waals surface area contributed by atoms with E-state index in [0.717, 1.165) is 18.4 Å². The minimum absolute atomic E-state index is 0.247. The molecular weight excluding hydrogens is 350 g/mol. The second-order valence-corrected chi connectivity index (χ2v) is 6.96. The summed E-state index contributed by atoms with van der Waals surface area (Å²) in [6.07, 6.45) is 7.61. The van der Waals surface area contributed by atoms with Crippen LogP contribution in [0.5, 0.6) is 0 Å². The van der Waals surface area contributed by atoms with Gasteiger partial charge in [-0.05, 0) is 37.1 Å². The van der Waals surface area contributed by atoms with Gasteiger partial charge in [-0.3, -0.25) is 4.79 Å². The quantitative estimate of drug-likeness (QED) is 0.655. The smallest absolute Gasteiger partial charge is 0.292 e. The van der Waals surface area contributed by atoms with Gasteiger partial charge in [0.15, 0.2) is 5.76 Å². The van der Waals surface area contributed by atoms with E-state index in [9.17, 15) is 4.79 Å². The topological polar surface area (TPSA) is 60.1 Å². The van der Waals surface area contributed by atoms with Crippen LogP contribution in [0.3, 0.4) is 0 Å². The molecule has 1 N–H and O–H groups in total. The summed E-state index contributed by atoms with van der Waals surface area (Å²) < 4.78 is 7.65. The predicted octanol–water partition coefficient (Wildman–Crippen LogP) is 5.55. The van der Waals surface area contributed by atoms with Crippen LogP contribution in [0.2, 0.25) is 5.02 Å². The highest BCUT2D eigenvalue weighted by Gasteiger charge is 2.20. The predicted molar refractivity (Wildman–Crippen MR) is 101 cm³/mol. The van der Waals surface area contributed by atoms with Crippen LogP contribution in [0.15, 0.2) is 53.1 Å². The lowest BCUT2D eigenvalue weighted by Crippen LogP contribution is -2.20. The van der Waals surface area contributed by atoms with Gasteiger partial charge in [-0.1, -0.05) is 43.0 Å². The van der Waals surface area contributed by atoms with Gasteiger partial charge >= 0.3 is 0 Å². The maximum Gasteiger partial charge on any atom is 0.292 e. The van der Waals surface area contributed by atoms with Gasteiger partial charge in [0.25, 0.3) is 5.91 Å². The minimum atomic E-state index is -0.291. The van der Waals surface area contributed by atoms with E-state index < -0.39 is 0 Å². The number of amides is 1. The van der Waals surface area contributed by atoms with Crippen LogP contribution in [-0.2, 0) is 0 Å². The van der Waals surface area contributed by atoms with Crippen molar-refractivity contribution in [3.05, 3.63) is 59.4 Å². The number of benzene rings is 1. The number of halogens is 1. The van der Waals surface area contributed by atoms with Crippen molar-refractivity contribution in [3.8, 4) is 11.3 Å². The fourth-order valence-corrected chi connectivity index (χ4v) is 3.70. The molecule has 0 radical (unpaired) electrons. The first-order valence-electron chi connectivity index (χ1n) is 8.92. The van der Waals surface area contributed by atoms with Gasteiger partial charge in [-0.2, -0.15) is 5.10 Å². The highest BCUT2D eigenvalue weighted by atomic mass is 35.5. The van der Waals surface area contributed by atoms with Gasteiger partial charge in [-0.15, -0.1) is 0 Å². The molecule has 1 fully saturated rings. The van der Waals surface area contributed by atoms with E-state index in [2.05, 4.69) is 10.4 Å². The number of furan rings is 1. The average molecular weight is 370 g/mol. The number of hydrogen-bond acceptors (Lipinski definition) is 3. The van der Waals surface area contributed by atoms with Crippen molar-refractivity contribution in [2.24, 2.45) is 0 Å². The lowest BCUT2D eigenvalue weighted by Gasteiger charge is -2.23. The van der Waals surface area contributed by atoms with Crippen molar-refractivity contribution in [3.63, 3.8) is 0 Å². The molecule has 134 valence electrons. The van der Waals surface area contributed by atoms with Gasteiger partial charge in [-0.25, -0.2) is 4.68 Å². The van der Waals surface area contributed by atoms with Crippen molar-refractivity contribution < 1.29 is 9.21 Å². The first kappa shape index (κ1) is 16.9. The molecule has 0 spiro atoms. The molecule has 0 unspecified atom stereocenters. The summed E-state index contributed by atoms with van der Waals surface area (Å²) in [4.78, 5) is 12.6. The Morgan fingerprint density at radius 3 is 2.73 bits per heavy atom. The number of rotatable bonds is 4. The first-order chi connectivity index (χ1) is 12.7. The molecule has 0 aliphatic heterocycles. The van der Waals surface area contributed by atoms with E-state index in [1.165, 1.54) is 19.3 Å². The third-order valence-electron chi connectivity index (χ3n) is 4.80. The molecule has 4 rings (SSSR count). The second-order valence-electron chi connectivity index (χ2n) is 6.55. The summed E-state index contributed by atoms with van der Waals surface area (Å²) in [6, 6.07) is 13.0. The van der Waals surface area contributed by atoms with Crippen LogP contribution in [0.1, 0.15) is 48.7 Å². The Labute approximate surface area is 157 Å². The molecule has 2 heterocycles. The van der Waals surface area contributed by atoms with Crippen molar-refractivity contribution in [2.45, 2.75) is 38.1 Å². The maximum atomic E-state index is 12.6. The normalized spacial score (nSPS) is 15.1. The van der Waals surface area contributed by atoms with Crippen LogP contribution < -0.4 is 5.32 Å². The summed E-state index contributed by atoms with van der Waals surface area (Å²) in [5, 5.41) is 7.91. The molecule has 6 heteroatoms. The van der Waals surface area contributed by atoms with Gasteiger partial charge < -0.3 is 9.73 Å². The maximum absolute atomic E-state index is 12.6. The standard InChI is InChI=1S/C20H20ClN3O2/c21-16-9-5-4-8-15(16)17-10-11-18(26-17)20(25)23-19-12-13-22-24(19)14-6-2-1-3-7-14/h4-5,8-14H,1-3,6-7H2,(H,23,25). The lowest BCUT2D eigenvalue weighted by molar-refractivity contribution is 0.0996. The third-order valence-corrected chi connectivity index (χ3v) is 5.13. The van der Waals surface area contributed by atoms with E-state index in [1.807, 2.05) is 28.9 Å². The molecule has 26 heavy (non-hydrogen) atoms. The zero-order valence-corrected chi connectivity index (χ0v) is 15.1. The summed E-state index contributed by atoms with van der Waals surface area (Å²) >= 11 is 6.20. The Morgan fingerprint density at radius 2 is 1.92 bits per heavy atom. The average Bonchev–Trinajstić information content (AvgIpc) is 3.32. The Hall–Kier alpha value is -2.53. The molecule has 1 aromatic carbocycles. The van der Waals surface area contributed by atoms with Gasteiger partial charge in [0, 0.05) is 11.6 Å². The second kappa shape index (κ2) is 7.38. The summed E-state index contributed by atoms with van der Waals surface area (Å²) in [5.41, 5.74) is 0.764. The Morgan fingerprint density at radius 1 is 1.12 bits per heavy atom. The number of carbonyl (C=O) groups excluding carboxylic acids is 1. The van der Waals surface area contributed by atoms with Crippen LogP contribution in [-0.4, -0.2) is 15.7 Å². The van der Waals surface area contributed by atoms with Crippen molar-refractivity contribution in [1.29, 1.82) is 0 Å². The fraction of sp³-hybridized carbons (Fsp3) is 0.300. The number of nitrogens with one attached hydrogen (secondary N) is 1. The van der Waals surface area contributed by atoms with Crippen LogP contribution >= 0.6 is 11.6 Å². The lowest BCUT2D eigenvalue weighted by atomic mass is 9.96. The third kappa shape index (κ3) is 3.40. The largest absolute Gasteiger partial charge is 0.451 e. The first-order valence-corrected chi connectivity index (χ1v) is 9.30. The van der Waals surface area contributed by atoms with Gasteiger partial charge in [0.1, 0.15) is 11.6 Å². The molecule has 1 amide bonds. The molecule has 2 aromatic heterocycles. The molecule has 5 nitrogen and oxygen atoms in total. The minimum Gasteiger partial charge on any atom is -0.451 e. The molecule has 0 saturated heterocycles. The highest BCUT2D eigenvalue weighted by molar-refractivity contribution is 6.33. The van der Waals surface area contributed by atoms with Crippen molar-refractivity contribution in [2.75, 3.05) is 5.32 Å². The molecule has 1 aliphatic carbocycles. The molecule has 3 aromatic rings. The van der Waals surface area contributed by atoms with Gasteiger partial charge in [0.2, 0.25) is 0 Å². The number of carbonyl (C=O) groups is 1. The van der Waals surface area contributed by atoms with Crippen molar-refractivity contribution >= 4 is 23.3 Å². The van der Waals surface area contributed by atoms with Crippen LogP contribution in [0.25, 0.3) is 11.3 Å². The SMILES string of the molecule is O=C(Nc1ccnn1C1CCCCC1)c1ccc(-c2ccccc2Cl)o1. The summed E-state index contributed by atoms with van der Waals surface area (Å²) in [5.74, 6) is 1.23. The fourth-order valence-electron chi connectivity index (χ4n) is 3.47. The Balaban J connectivity index is 1.51. The number of hydrogen-bond donors (Lipinski definition) is 1. The molecule has 1 aliphatic rings. The molecule has 1 saturated carbocycles. The van der Waals surface area contributed by atoms with Crippen LogP contribution in [0, 0.1) is 0 Å². The molecular formula is C20H20ClN3O2. The monoisotopic (exact) mass is 369 g/mol. The number of anilines is 1. The number of nitrogens with zero attached hydrogens (tertiary/aromatic N) is 2. The molecule has 0 atom stereocenters. The highest BCUT2D eigenvalue weighted by Crippen LogP contribution is 2.31. The zero-order chi connectivity index (χ0) is 17.9. The summed E-state index contributed by atoms with van der Waals surface area (Å²) in [6.45, 7) is 0. The van der Waals surface area contributed by atoms with E-state index >= 15 is 0 Å². The zero-order valence-electron chi connectivity index (χ0n) is 14.3. The summed E-state index contributed by atoms with van der Waals surface area (Å²) in [7, 11) is 0. The van der Waals surface area contributed by atoms with Gasteiger partial charge in [0.05, 0.1) is 17.3 Å². The van der Waals surface area contributed by atoms with E-state index in [-0.39, 0.29) is 11.7 Å². The van der Waals surface area contributed by atoms with Crippen molar-refractivity contribution in [1.82, 2.24) is 9.78 Å². The van der Waals surface area contributed by atoms with E-state index in [0.29, 0.717) is 22.6 Å².